The molecule has 1 fully saturated rings. The summed E-state index contributed by atoms with van der Waals surface area (Å²) in [5.74, 6) is -1.66. The number of benzene rings is 1. The van der Waals surface area contributed by atoms with Crippen molar-refractivity contribution in [3.63, 3.8) is 0 Å². The Morgan fingerprint density at radius 3 is 2.74 bits per heavy atom. The predicted molar refractivity (Wildman–Crippen MR) is 71.2 cm³/mol. The lowest BCUT2D eigenvalue weighted by Gasteiger charge is -2.06. The van der Waals surface area contributed by atoms with Crippen LogP contribution >= 0.6 is 11.8 Å². The summed E-state index contributed by atoms with van der Waals surface area (Å²) in [7, 11) is -2.98. The van der Waals surface area contributed by atoms with Crippen LogP contribution in [0.1, 0.15) is 0 Å². The molecule has 102 valence electrons. The fourth-order valence-electron chi connectivity index (χ4n) is 2.11. The lowest BCUT2D eigenvalue weighted by atomic mass is 10.3. The molecular formula is C11H10F2N2O2S2. The molecule has 3 rings (SSSR count). The maximum Gasteiger partial charge on any atom is 0.161 e. The lowest BCUT2D eigenvalue weighted by Crippen LogP contribution is -2.13. The molecule has 19 heavy (non-hydrogen) atoms. The molecular weight excluding hydrogens is 294 g/mol. The van der Waals surface area contributed by atoms with Gasteiger partial charge in [-0.25, -0.2) is 17.2 Å². The zero-order valence-electron chi connectivity index (χ0n) is 9.64. The Labute approximate surface area is 113 Å². The van der Waals surface area contributed by atoms with Crippen LogP contribution in [-0.2, 0) is 9.84 Å². The number of fused-ring (bicyclic) bond motifs is 1. The van der Waals surface area contributed by atoms with Gasteiger partial charge in [0.25, 0.3) is 0 Å². The standard InChI is InChI=1S/C11H10F2N2O2S2/c12-7-2-1-6(3-8(7)13)14-11-15-9-4-19(16,17)5-10(9)18-11/h1-3,9-10H,4-5H2,(H,14,15)/t9-,10+/m1/s1. The van der Waals surface area contributed by atoms with E-state index in [2.05, 4.69) is 10.3 Å². The quantitative estimate of drug-likeness (QED) is 0.857. The molecule has 1 aromatic carbocycles. The molecule has 0 amide bonds. The molecule has 0 aromatic heterocycles. The zero-order valence-corrected chi connectivity index (χ0v) is 11.3. The Morgan fingerprint density at radius 2 is 2.05 bits per heavy atom. The van der Waals surface area contributed by atoms with Crippen LogP contribution in [0.25, 0.3) is 0 Å². The highest BCUT2D eigenvalue weighted by Gasteiger charge is 2.42. The van der Waals surface area contributed by atoms with Crippen molar-refractivity contribution in [1.82, 2.24) is 0 Å². The number of halogens is 2. The van der Waals surface area contributed by atoms with Crippen LogP contribution in [0.5, 0.6) is 0 Å². The highest BCUT2D eigenvalue weighted by molar-refractivity contribution is 8.15. The van der Waals surface area contributed by atoms with Gasteiger partial charge in [-0.3, -0.25) is 4.99 Å². The summed E-state index contributed by atoms with van der Waals surface area (Å²) >= 11 is 1.33. The Hall–Kier alpha value is -1.15. The topological polar surface area (TPSA) is 58.5 Å². The van der Waals surface area contributed by atoms with Crippen molar-refractivity contribution in [2.24, 2.45) is 4.99 Å². The molecule has 0 aliphatic carbocycles. The number of hydrogen-bond acceptors (Lipinski definition) is 5. The molecule has 2 aliphatic heterocycles. The molecule has 1 aromatic rings. The maximum atomic E-state index is 13.0. The lowest BCUT2D eigenvalue weighted by molar-refractivity contribution is 0.509. The first-order valence-electron chi connectivity index (χ1n) is 5.60. The third kappa shape index (κ3) is 2.59. The van der Waals surface area contributed by atoms with Crippen LogP contribution in [0, 0.1) is 11.6 Å². The monoisotopic (exact) mass is 304 g/mol. The average molecular weight is 304 g/mol. The van der Waals surface area contributed by atoms with Crippen molar-refractivity contribution in [3.8, 4) is 0 Å². The minimum Gasteiger partial charge on any atom is -0.335 e. The number of thioether (sulfide) groups is 1. The van der Waals surface area contributed by atoms with Crippen LogP contribution < -0.4 is 5.32 Å². The Morgan fingerprint density at radius 1 is 1.26 bits per heavy atom. The van der Waals surface area contributed by atoms with E-state index in [1.54, 1.807) is 0 Å². The van der Waals surface area contributed by atoms with Crippen molar-refractivity contribution in [2.75, 3.05) is 16.8 Å². The van der Waals surface area contributed by atoms with Gasteiger partial charge < -0.3 is 5.32 Å². The predicted octanol–water partition coefficient (Wildman–Crippen LogP) is 1.65. The number of anilines is 1. The van der Waals surface area contributed by atoms with Crippen LogP contribution in [0.3, 0.4) is 0 Å². The van der Waals surface area contributed by atoms with E-state index in [0.29, 0.717) is 10.9 Å². The van der Waals surface area contributed by atoms with E-state index in [-0.39, 0.29) is 22.8 Å². The van der Waals surface area contributed by atoms with Crippen LogP contribution in [-0.4, -0.2) is 36.4 Å². The van der Waals surface area contributed by atoms with Gasteiger partial charge in [-0.05, 0) is 12.1 Å². The van der Waals surface area contributed by atoms with E-state index in [0.717, 1.165) is 12.1 Å². The molecule has 2 aliphatic rings. The fourth-order valence-corrected chi connectivity index (χ4v) is 5.79. The van der Waals surface area contributed by atoms with Crippen LogP contribution in [0.4, 0.5) is 14.5 Å². The number of rotatable bonds is 1. The van der Waals surface area contributed by atoms with E-state index >= 15 is 0 Å². The van der Waals surface area contributed by atoms with Crippen molar-refractivity contribution in [2.45, 2.75) is 11.3 Å². The van der Waals surface area contributed by atoms with Gasteiger partial charge in [0.05, 0.1) is 17.5 Å². The SMILES string of the molecule is O=S1(=O)C[C@@H]2SC(Nc3ccc(F)c(F)c3)=N[C@@H]2C1. The van der Waals surface area contributed by atoms with Gasteiger partial charge in [-0.1, -0.05) is 11.8 Å². The Bertz CT molecular complexity index is 661. The first kappa shape index (κ1) is 12.9. The van der Waals surface area contributed by atoms with Gasteiger partial charge in [0.2, 0.25) is 0 Å². The van der Waals surface area contributed by atoms with Gasteiger partial charge in [0.1, 0.15) is 0 Å². The van der Waals surface area contributed by atoms with E-state index in [9.17, 15) is 17.2 Å². The molecule has 1 saturated heterocycles. The van der Waals surface area contributed by atoms with Gasteiger partial charge in [0, 0.05) is 17.0 Å². The second-order valence-corrected chi connectivity index (χ2v) is 7.87. The average Bonchev–Trinajstić information content (AvgIpc) is 2.76. The van der Waals surface area contributed by atoms with E-state index < -0.39 is 21.5 Å². The summed E-state index contributed by atoms with van der Waals surface area (Å²) in [6.07, 6.45) is 0. The van der Waals surface area contributed by atoms with Gasteiger partial charge in [-0.2, -0.15) is 0 Å². The van der Waals surface area contributed by atoms with Crippen LogP contribution in [0.15, 0.2) is 23.2 Å². The zero-order chi connectivity index (χ0) is 13.6. The molecule has 0 unspecified atom stereocenters. The first-order valence-corrected chi connectivity index (χ1v) is 8.30. The first-order chi connectivity index (χ1) is 8.93. The number of amidine groups is 1. The van der Waals surface area contributed by atoms with Crippen molar-refractivity contribution < 1.29 is 17.2 Å². The molecule has 4 nitrogen and oxygen atoms in total. The van der Waals surface area contributed by atoms with Crippen molar-refractivity contribution in [3.05, 3.63) is 29.8 Å². The minimum absolute atomic E-state index is 0.0631. The van der Waals surface area contributed by atoms with E-state index in [1.807, 2.05) is 0 Å². The smallest absolute Gasteiger partial charge is 0.161 e. The molecule has 8 heteroatoms. The highest BCUT2D eigenvalue weighted by Crippen LogP contribution is 2.34. The molecule has 0 saturated carbocycles. The third-order valence-corrected chi connectivity index (χ3v) is 6.13. The molecule has 0 bridgehead atoms. The summed E-state index contributed by atoms with van der Waals surface area (Å²) in [4.78, 5) is 4.27. The summed E-state index contributed by atoms with van der Waals surface area (Å²) in [5, 5.41) is 3.36. The van der Waals surface area contributed by atoms with Crippen molar-refractivity contribution >= 4 is 32.5 Å². The second kappa shape index (κ2) is 4.45. The molecule has 2 atom stereocenters. The van der Waals surface area contributed by atoms with Crippen LogP contribution in [0.2, 0.25) is 0 Å². The number of hydrogen-bond donors (Lipinski definition) is 1. The van der Waals surface area contributed by atoms with E-state index in [4.69, 9.17) is 0 Å². The second-order valence-electron chi connectivity index (χ2n) is 4.49. The largest absolute Gasteiger partial charge is 0.335 e. The number of nitrogens with zero attached hydrogens (tertiary/aromatic N) is 1. The highest BCUT2D eigenvalue weighted by atomic mass is 32.2. The minimum atomic E-state index is -2.98. The summed E-state index contributed by atoms with van der Waals surface area (Å²) in [6, 6.07) is 3.25. The summed E-state index contributed by atoms with van der Waals surface area (Å²) < 4.78 is 48.6. The summed E-state index contributed by atoms with van der Waals surface area (Å²) in [6.45, 7) is 0. The fraction of sp³-hybridized carbons (Fsp3) is 0.364. The third-order valence-electron chi connectivity index (χ3n) is 2.99. The number of sulfone groups is 1. The molecule has 2 heterocycles. The van der Waals surface area contributed by atoms with E-state index in [1.165, 1.54) is 17.8 Å². The molecule has 0 radical (unpaired) electrons. The van der Waals surface area contributed by atoms with Gasteiger partial charge in [-0.15, -0.1) is 0 Å². The Balaban J connectivity index is 1.74. The summed E-state index contributed by atoms with van der Waals surface area (Å²) in [5.41, 5.74) is 0.396. The number of nitrogens with one attached hydrogen (secondary N) is 1. The Kier molecular flexibility index (Phi) is 3.01. The number of aliphatic imine (C=N–C) groups is 1. The molecule has 0 spiro atoms. The molecule has 1 N–H and O–H groups in total. The maximum absolute atomic E-state index is 13.0. The van der Waals surface area contributed by atoms with Crippen molar-refractivity contribution in [1.29, 1.82) is 0 Å². The van der Waals surface area contributed by atoms with Gasteiger partial charge >= 0.3 is 0 Å². The van der Waals surface area contributed by atoms with Gasteiger partial charge in [0.15, 0.2) is 26.6 Å². The normalized spacial score (nSPS) is 28.0.